The third-order valence-corrected chi connectivity index (χ3v) is 6.13. The number of anilines is 2. The number of fused-ring (bicyclic) bond motifs is 1. The predicted octanol–water partition coefficient (Wildman–Crippen LogP) is 4.44. The van der Waals surface area contributed by atoms with Crippen molar-refractivity contribution in [1.82, 2.24) is 0 Å². The summed E-state index contributed by atoms with van der Waals surface area (Å²) in [4.78, 5) is 31.0. The first-order chi connectivity index (χ1) is 16.1. The molecule has 0 saturated heterocycles. The number of carbonyl (C=O) groups is 2. The number of methoxy groups -OCH3 is 2. The highest BCUT2D eigenvalue weighted by molar-refractivity contribution is 6.46. The van der Waals surface area contributed by atoms with Crippen molar-refractivity contribution in [3.63, 3.8) is 0 Å². The van der Waals surface area contributed by atoms with Crippen molar-refractivity contribution < 1.29 is 19.1 Å². The second-order valence-corrected chi connectivity index (χ2v) is 7.96. The highest BCUT2D eigenvalue weighted by Crippen LogP contribution is 2.42. The lowest BCUT2D eigenvalue weighted by molar-refractivity contribution is -0.120. The van der Waals surface area contributed by atoms with Crippen molar-refractivity contribution in [1.29, 1.82) is 0 Å². The van der Waals surface area contributed by atoms with Gasteiger partial charge in [-0.15, -0.1) is 0 Å². The number of nitrogens with zero attached hydrogens (tertiary/aromatic N) is 2. The number of rotatable bonds is 5. The molecule has 0 aromatic heterocycles. The van der Waals surface area contributed by atoms with Crippen molar-refractivity contribution in [3.8, 4) is 11.5 Å². The fourth-order valence-corrected chi connectivity index (χ4v) is 4.59. The number of aryl methyl sites for hydroxylation is 1. The molecule has 0 saturated carbocycles. The molecule has 2 amide bonds. The van der Waals surface area contributed by atoms with Crippen LogP contribution in [0.5, 0.6) is 11.5 Å². The lowest BCUT2D eigenvalue weighted by Gasteiger charge is -2.32. The van der Waals surface area contributed by atoms with Gasteiger partial charge in [-0.1, -0.05) is 48.5 Å². The Morgan fingerprint density at radius 3 is 2.30 bits per heavy atom. The second kappa shape index (κ2) is 8.47. The summed E-state index contributed by atoms with van der Waals surface area (Å²) in [5.41, 5.74) is 4.04. The first kappa shape index (κ1) is 20.8. The molecule has 2 aliphatic rings. The molecule has 0 spiro atoms. The van der Waals surface area contributed by atoms with Crippen LogP contribution in [0.4, 0.5) is 11.4 Å². The average Bonchev–Trinajstić information content (AvgIpc) is 3.13. The molecular weight excluding hydrogens is 416 g/mol. The topological polar surface area (TPSA) is 59.1 Å². The Hall–Kier alpha value is -4.06. The molecule has 2 heterocycles. The Morgan fingerprint density at radius 1 is 0.788 bits per heavy atom. The summed E-state index contributed by atoms with van der Waals surface area (Å²) in [6, 6.07) is 22.5. The molecule has 6 nitrogen and oxygen atoms in total. The molecule has 0 N–H and O–H groups in total. The minimum Gasteiger partial charge on any atom is -0.497 e. The van der Waals surface area contributed by atoms with Crippen LogP contribution in [0, 0.1) is 0 Å². The first-order valence-electron chi connectivity index (χ1n) is 10.9. The van der Waals surface area contributed by atoms with Crippen LogP contribution in [0.3, 0.4) is 0 Å². The molecule has 0 bridgehead atoms. The van der Waals surface area contributed by atoms with E-state index < -0.39 is 0 Å². The van der Waals surface area contributed by atoms with Crippen LogP contribution >= 0.6 is 0 Å². The predicted molar refractivity (Wildman–Crippen MR) is 128 cm³/mol. The van der Waals surface area contributed by atoms with Crippen LogP contribution in [0.25, 0.3) is 5.57 Å². The van der Waals surface area contributed by atoms with Gasteiger partial charge in [-0.2, -0.15) is 0 Å². The van der Waals surface area contributed by atoms with Crippen molar-refractivity contribution >= 4 is 28.8 Å². The van der Waals surface area contributed by atoms with E-state index in [0.717, 1.165) is 18.5 Å². The molecule has 0 unspecified atom stereocenters. The summed E-state index contributed by atoms with van der Waals surface area (Å²) < 4.78 is 10.8. The fourth-order valence-electron chi connectivity index (χ4n) is 4.59. The Bertz CT molecular complexity index is 1270. The van der Waals surface area contributed by atoms with E-state index in [0.29, 0.717) is 40.6 Å². The third-order valence-electron chi connectivity index (χ3n) is 6.13. The van der Waals surface area contributed by atoms with E-state index >= 15 is 0 Å². The van der Waals surface area contributed by atoms with E-state index in [2.05, 4.69) is 6.07 Å². The Labute approximate surface area is 192 Å². The van der Waals surface area contributed by atoms with Gasteiger partial charge in [-0.25, -0.2) is 4.90 Å². The number of benzene rings is 3. The largest absolute Gasteiger partial charge is 0.497 e. The minimum atomic E-state index is -0.368. The molecular formula is C27H24N2O4. The Balaban J connectivity index is 1.69. The maximum Gasteiger partial charge on any atom is 0.282 e. The molecule has 3 aromatic carbocycles. The van der Waals surface area contributed by atoms with Crippen LogP contribution in [-0.4, -0.2) is 32.6 Å². The number of hydrogen-bond donors (Lipinski definition) is 0. The van der Waals surface area contributed by atoms with E-state index in [1.165, 1.54) is 17.6 Å². The summed E-state index contributed by atoms with van der Waals surface area (Å²) >= 11 is 0. The van der Waals surface area contributed by atoms with Crippen molar-refractivity contribution in [3.05, 3.63) is 89.6 Å². The van der Waals surface area contributed by atoms with E-state index in [9.17, 15) is 9.59 Å². The van der Waals surface area contributed by atoms with Crippen molar-refractivity contribution in [2.24, 2.45) is 0 Å². The van der Waals surface area contributed by atoms with Gasteiger partial charge in [0.05, 0.1) is 25.5 Å². The Morgan fingerprint density at radius 2 is 1.55 bits per heavy atom. The van der Waals surface area contributed by atoms with Crippen molar-refractivity contribution in [2.45, 2.75) is 12.8 Å². The summed E-state index contributed by atoms with van der Waals surface area (Å²) in [6.07, 6.45) is 1.84. The van der Waals surface area contributed by atoms with Gasteiger partial charge >= 0.3 is 0 Å². The second-order valence-electron chi connectivity index (χ2n) is 7.96. The number of carbonyl (C=O) groups excluding carboxylic acids is 2. The van der Waals surface area contributed by atoms with Gasteiger partial charge in [0.25, 0.3) is 11.8 Å². The monoisotopic (exact) mass is 440 g/mol. The maximum atomic E-state index is 14.0. The van der Waals surface area contributed by atoms with Gasteiger partial charge in [-0.3, -0.25) is 9.59 Å². The zero-order valence-corrected chi connectivity index (χ0v) is 18.6. The normalized spacial score (nSPS) is 15.7. The number of imide groups is 1. The van der Waals surface area contributed by atoms with E-state index in [1.807, 2.05) is 53.4 Å². The number of para-hydroxylation sites is 1. The highest BCUT2D eigenvalue weighted by atomic mass is 16.5. The van der Waals surface area contributed by atoms with Crippen molar-refractivity contribution in [2.75, 3.05) is 30.6 Å². The highest BCUT2D eigenvalue weighted by Gasteiger charge is 2.44. The number of amides is 2. The average molecular weight is 440 g/mol. The fraction of sp³-hybridized carbons (Fsp3) is 0.185. The number of ether oxygens (including phenoxy) is 2. The van der Waals surface area contributed by atoms with Crippen LogP contribution < -0.4 is 19.3 Å². The van der Waals surface area contributed by atoms with E-state index in [-0.39, 0.29) is 11.8 Å². The molecule has 5 rings (SSSR count). The summed E-state index contributed by atoms with van der Waals surface area (Å²) in [6.45, 7) is 0.662. The molecule has 0 aliphatic carbocycles. The number of hydrogen-bond acceptors (Lipinski definition) is 5. The minimum absolute atomic E-state index is 0.362. The van der Waals surface area contributed by atoms with Crippen LogP contribution in [-0.2, 0) is 16.0 Å². The lowest BCUT2D eigenvalue weighted by Crippen LogP contribution is -2.37. The summed E-state index contributed by atoms with van der Waals surface area (Å²) in [7, 11) is 3.07. The molecule has 0 atom stereocenters. The van der Waals surface area contributed by atoms with Gasteiger partial charge in [-0.05, 0) is 42.2 Å². The Kier molecular flexibility index (Phi) is 5.34. The zero-order valence-electron chi connectivity index (χ0n) is 18.6. The smallest absolute Gasteiger partial charge is 0.282 e. The van der Waals surface area contributed by atoms with Gasteiger partial charge in [0, 0.05) is 18.3 Å². The summed E-state index contributed by atoms with van der Waals surface area (Å²) in [5, 5.41) is 0. The zero-order chi connectivity index (χ0) is 22.9. The summed E-state index contributed by atoms with van der Waals surface area (Å²) in [5.74, 6) is 0.242. The molecule has 6 heteroatoms. The van der Waals surface area contributed by atoms with Crippen LogP contribution in [0.2, 0.25) is 0 Å². The van der Waals surface area contributed by atoms with Gasteiger partial charge in [0.1, 0.15) is 17.2 Å². The van der Waals surface area contributed by atoms with Gasteiger partial charge in [0.15, 0.2) is 0 Å². The molecule has 0 radical (unpaired) electrons. The van der Waals surface area contributed by atoms with E-state index in [1.54, 1.807) is 25.3 Å². The molecule has 0 fully saturated rings. The lowest BCUT2D eigenvalue weighted by atomic mass is 9.98. The van der Waals surface area contributed by atoms with Gasteiger partial charge in [0.2, 0.25) is 0 Å². The van der Waals surface area contributed by atoms with Crippen LogP contribution in [0.15, 0.2) is 78.5 Å². The van der Waals surface area contributed by atoms with Gasteiger partial charge < -0.3 is 14.4 Å². The van der Waals surface area contributed by atoms with E-state index in [4.69, 9.17) is 9.47 Å². The molecule has 166 valence electrons. The third kappa shape index (κ3) is 3.44. The maximum absolute atomic E-state index is 14.0. The first-order valence-corrected chi connectivity index (χ1v) is 10.9. The standard InChI is InChI=1S/C27H24N2O4/c1-32-20-14-15-22(23(17-20)33-2)29-26(30)24(19-10-4-3-5-11-19)25(27(29)31)28-16-8-12-18-9-6-7-13-21(18)28/h3-7,9-11,13-15,17H,8,12,16H2,1-2H3. The molecule has 33 heavy (non-hydrogen) atoms. The SMILES string of the molecule is COc1ccc(N2C(=O)C(c3ccccc3)=C(N3CCCc4ccccc43)C2=O)c(OC)c1. The molecule has 2 aliphatic heterocycles. The quantitative estimate of drug-likeness (QED) is 0.549. The van der Waals surface area contributed by atoms with Crippen LogP contribution in [0.1, 0.15) is 17.5 Å². The molecule has 3 aromatic rings.